The highest BCUT2D eigenvalue weighted by Gasteiger charge is 2.33. The highest BCUT2D eigenvalue weighted by atomic mass is 35.5. The molecule has 11 heteroatoms. The number of rotatable bonds is 3. The summed E-state index contributed by atoms with van der Waals surface area (Å²) in [6, 6.07) is 3.92. The summed E-state index contributed by atoms with van der Waals surface area (Å²) in [5.41, 5.74) is 0.977. The van der Waals surface area contributed by atoms with E-state index in [1.165, 1.54) is 19.2 Å². The Hall–Kier alpha value is -2.85. The van der Waals surface area contributed by atoms with Crippen LogP contribution >= 0.6 is 12.4 Å². The maximum absolute atomic E-state index is 13.2. The normalized spacial score (nSPS) is 14.4. The Morgan fingerprint density at radius 3 is 2.58 bits per heavy atom. The van der Waals surface area contributed by atoms with Crippen molar-refractivity contribution >= 4 is 40.9 Å². The molecule has 1 aromatic carbocycles. The summed E-state index contributed by atoms with van der Waals surface area (Å²) in [5.74, 6) is 0.104. The second-order valence-corrected chi connectivity index (χ2v) is 7.08. The Labute approximate surface area is 182 Å². The van der Waals surface area contributed by atoms with E-state index in [0.717, 1.165) is 6.07 Å². The number of anilines is 2. The molecule has 31 heavy (non-hydrogen) atoms. The van der Waals surface area contributed by atoms with E-state index >= 15 is 0 Å². The van der Waals surface area contributed by atoms with E-state index in [0.29, 0.717) is 42.9 Å². The Bertz CT molecular complexity index is 1110. The summed E-state index contributed by atoms with van der Waals surface area (Å²) in [4.78, 5) is 23.3. The van der Waals surface area contributed by atoms with E-state index in [9.17, 15) is 18.0 Å². The molecule has 1 N–H and O–H groups in total. The number of carbonyl (C=O) groups excluding carboxylic acids is 1. The largest absolute Gasteiger partial charge is 0.416 e. The smallest absolute Gasteiger partial charge is 0.378 e. The van der Waals surface area contributed by atoms with Crippen LogP contribution in [0.4, 0.5) is 24.7 Å². The van der Waals surface area contributed by atoms with Gasteiger partial charge in [-0.25, -0.2) is 9.97 Å². The van der Waals surface area contributed by atoms with Crippen LogP contribution in [0.2, 0.25) is 0 Å². The predicted octanol–water partition coefficient (Wildman–Crippen LogP) is 3.93. The van der Waals surface area contributed by atoms with E-state index in [1.54, 1.807) is 28.9 Å². The number of hydrogen-bond acceptors (Lipinski definition) is 5. The molecule has 7 nitrogen and oxygen atoms in total. The van der Waals surface area contributed by atoms with Gasteiger partial charge in [0.1, 0.15) is 5.52 Å². The van der Waals surface area contributed by atoms with Crippen LogP contribution in [0, 0.1) is 6.92 Å². The molecule has 0 saturated carbocycles. The van der Waals surface area contributed by atoms with Crippen molar-refractivity contribution in [3.8, 4) is 0 Å². The number of nitrogens with zero attached hydrogens (tertiary/aromatic N) is 4. The summed E-state index contributed by atoms with van der Waals surface area (Å²) >= 11 is 0. The average molecular weight is 456 g/mol. The number of ether oxygens (including phenoxy) is 1. The van der Waals surface area contributed by atoms with Crippen LogP contribution in [0.15, 0.2) is 30.7 Å². The minimum absolute atomic E-state index is 0. The molecule has 3 aromatic rings. The van der Waals surface area contributed by atoms with E-state index < -0.39 is 11.7 Å². The van der Waals surface area contributed by atoms with Crippen molar-refractivity contribution in [3.63, 3.8) is 0 Å². The Morgan fingerprint density at radius 2 is 1.90 bits per heavy atom. The molecular formula is C20H21ClF3N5O2. The summed E-state index contributed by atoms with van der Waals surface area (Å²) in [5, 5.41) is 2.95. The van der Waals surface area contributed by atoms with Gasteiger partial charge in [-0.3, -0.25) is 4.79 Å². The minimum atomic E-state index is -4.45. The van der Waals surface area contributed by atoms with Gasteiger partial charge in [0, 0.05) is 32.0 Å². The summed E-state index contributed by atoms with van der Waals surface area (Å²) < 4.78 is 46.7. The van der Waals surface area contributed by atoms with Crippen molar-refractivity contribution in [1.82, 2.24) is 19.4 Å². The highest BCUT2D eigenvalue weighted by Crippen LogP contribution is 2.36. The first kappa shape index (κ1) is 22.8. The van der Waals surface area contributed by atoms with Gasteiger partial charge in [-0.2, -0.15) is 13.2 Å². The van der Waals surface area contributed by atoms with Gasteiger partial charge in [-0.1, -0.05) is 6.07 Å². The maximum atomic E-state index is 13.2. The van der Waals surface area contributed by atoms with Crippen molar-refractivity contribution in [3.05, 3.63) is 47.4 Å². The number of pyridine rings is 1. The number of alkyl halides is 3. The number of nitrogens with one attached hydrogen (secondary N) is 1. The number of halogens is 4. The molecule has 0 spiro atoms. The number of aryl methyl sites for hydroxylation is 1. The highest BCUT2D eigenvalue weighted by molar-refractivity contribution is 6.07. The third-order valence-corrected chi connectivity index (χ3v) is 5.16. The van der Waals surface area contributed by atoms with E-state index in [1.807, 2.05) is 0 Å². The zero-order valence-electron chi connectivity index (χ0n) is 16.9. The molecule has 3 heterocycles. The van der Waals surface area contributed by atoms with Gasteiger partial charge in [0.25, 0.3) is 5.91 Å². The second-order valence-electron chi connectivity index (χ2n) is 7.08. The van der Waals surface area contributed by atoms with Gasteiger partial charge in [0.15, 0.2) is 5.82 Å². The van der Waals surface area contributed by atoms with Crippen LogP contribution in [0.25, 0.3) is 11.0 Å². The van der Waals surface area contributed by atoms with Crippen LogP contribution in [-0.4, -0.2) is 51.6 Å². The molecule has 1 fully saturated rings. The van der Waals surface area contributed by atoms with Crippen molar-refractivity contribution in [2.45, 2.75) is 13.1 Å². The second kappa shape index (κ2) is 8.72. The Morgan fingerprint density at radius 1 is 1.19 bits per heavy atom. The fraction of sp³-hybridized carbons (Fsp3) is 0.350. The molecule has 0 radical (unpaired) electrons. The monoisotopic (exact) mass is 455 g/mol. The summed E-state index contributed by atoms with van der Waals surface area (Å²) in [7, 11) is 1.75. The first-order valence-corrected chi connectivity index (χ1v) is 9.38. The van der Waals surface area contributed by atoms with Gasteiger partial charge in [-0.15, -0.1) is 12.4 Å². The van der Waals surface area contributed by atoms with Crippen molar-refractivity contribution in [2.75, 3.05) is 31.6 Å². The van der Waals surface area contributed by atoms with Crippen LogP contribution in [0.3, 0.4) is 0 Å². The lowest BCUT2D eigenvalue weighted by atomic mass is 10.1. The summed E-state index contributed by atoms with van der Waals surface area (Å²) in [6.45, 7) is 3.32. The minimum Gasteiger partial charge on any atom is -0.378 e. The third-order valence-electron chi connectivity index (χ3n) is 5.16. The van der Waals surface area contributed by atoms with Crippen molar-refractivity contribution in [2.24, 2.45) is 7.05 Å². The Kier molecular flexibility index (Phi) is 6.42. The SMILES string of the molecule is Cc1c(Nc2ncc(C(=O)N3CCOCC3)c3c2ncn3C)cccc1C(F)(F)F.Cl. The predicted molar refractivity (Wildman–Crippen MR) is 112 cm³/mol. The van der Waals surface area contributed by atoms with Crippen LogP contribution in [0.1, 0.15) is 21.5 Å². The molecule has 4 rings (SSSR count). The van der Waals surface area contributed by atoms with E-state index in [4.69, 9.17) is 4.74 Å². The fourth-order valence-electron chi connectivity index (χ4n) is 3.56. The zero-order chi connectivity index (χ0) is 21.5. The van der Waals surface area contributed by atoms with Crippen LogP contribution in [-0.2, 0) is 18.0 Å². The third kappa shape index (κ3) is 4.31. The number of hydrogen-bond donors (Lipinski definition) is 1. The lowest BCUT2D eigenvalue weighted by Crippen LogP contribution is -2.40. The van der Waals surface area contributed by atoms with Gasteiger partial charge >= 0.3 is 6.18 Å². The number of carbonyl (C=O) groups is 1. The molecule has 2 aromatic heterocycles. The topological polar surface area (TPSA) is 72.3 Å². The molecule has 0 bridgehead atoms. The molecule has 0 aliphatic carbocycles. The standard InChI is InChI=1S/C20H20F3N5O2.ClH/c1-12-14(20(21,22)23)4-3-5-15(12)26-18-16-17(27(2)11-25-16)13(10-24-18)19(29)28-6-8-30-9-7-28;/h3-5,10-11H,6-9H2,1-2H3,(H,24,26);1H. The maximum Gasteiger partial charge on any atom is 0.416 e. The number of imidazole rings is 1. The van der Waals surface area contributed by atoms with Crippen LogP contribution in [0.5, 0.6) is 0 Å². The van der Waals surface area contributed by atoms with E-state index in [-0.39, 0.29) is 35.4 Å². The number of morpholine rings is 1. The molecule has 0 atom stereocenters. The molecular weight excluding hydrogens is 435 g/mol. The van der Waals surface area contributed by atoms with E-state index in [2.05, 4.69) is 15.3 Å². The van der Waals surface area contributed by atoms with Gasteiger partial charge in [-0.05, 0) is 24.6 Å². The number of benzene rings is 1. The molecule has 1 aliphatic rings. The molecule has 0 unspecified atom stereocenters. The molecule has 1 aliphatic heterocycles. The first-order valence-electron chi connectivity index (χ1n) is 9.38. The lowest BCUT2D eigenvalue weighted by Gasteiger charge is -2.27. The van der Waals surface area contributed by atoms with Gasteiger partial charge < -0.3 is 19.5 Å². The average Bonchev–Trinajstić information content (AvgIpc) is 3.11. The lowest BCUT2D eigenvalue weighted by molar-refractivity contribution is -0.138. The van der Waals surface area contributed by atoms with Gasteiger partial charge in [0.2, 0.25) is 0 Å². The van der Waals surface area contributed by atoms with Crippen molar-refractivity contribution < 1.29 is 22.7 Å². The zero-order valence-corrected chi connectivity index (χ0v) is 17.7. The fourth-order valence-corrected chi connectivity index (χ4v) is 3.56. The first-order chi connectivity index (χ1) is 14.3. The Balaban J connectivity index is 0.00000272. The van der Waals surface area contributed by atoms with Crippen molar-refractivity contribution in [1.29, 1.82) is 0 Å². The molecule has 1 saturated heterocycles. The molecule has 166 valence electrons. The number of fused-ring (bicyclic) bond motifs is 1. The number of aromatic nitrogens is 3. The quantitative estimate of drug-likeness (QED) is 0.648. The number of amides is 1. The van der Waals surface area contributed by atoms with Crippen LogP contribution < -0.4 is 5.32 Å². The molecule has 1 amide bonds. The van der Waals surface area contributed by atoms with Gasteiger partial charge in [0.05, 0.1) is 36.2 Å². The summed E-state index contributed by atoms with van der Waals surface area (Å²) in [6.07, 6.45) is -1.47.